The highest BCUT2D eigenvalue weighted by Crippen LogP contribution is 2.22. The van der Waals surface area contributed by atoms with Crippen LogP contribution in [0.4, 0.5) is 10.3 Å². The molecule has 0 saturated carbocycles. The Morgan fingerprint density at radius 1 is 0.967 bits per heavy atom. The summed E-state index contributed by atoms with van der Waals surface area (Å²) in [6.07, 6.45) is 0.982. The van der Waals surface area contributed by atoms with Gasteiger partial charge in [0.2, 0.25) is 20.3 Å². The van der Waals surface area contributed by atoms with Gasteiger partial charge >= 0.3 is 0 Å². The van der Waals surface area contributed by atoms with Crippen molar-refractivity contribution in [1.82, 2.24) is 20.0 Å². The Labute approximate surface area is 174 Å². The summed E-state index contributed by atoms with van der Waals surface area (Å²) in [5, 5.41) is 15.1. The molecule has 152 valence electrons. The van der Waals surface area contributed by atoms with Crippen molar-refractivity contribution in [3.63, 3.8) is 0 Å². The maximum Gasteiger partial charge on any atom is 0.279 e. The van der Waals surface area contributed by atoms with Crippen LogP contribution in [-0.2, 0) is 10.0 Å². The van der Waals surface area contributed by atoms with Gasteiger partial charge in [0.1, 0.15) is 0 Å². The second-order valence-corrected chi connectivity index (χ2v) is 8.91. The maximum absolute atomic E-state index is 12.9. The first kappa shape index (κ1) is 19.7. The molecule has 0 aliphatic carbocycles. The molecule has 0 radical (unpaired) electrons. The summed E-state index contributed by atoms with van der Waals surface area (Å²) >= 11 is 0.851. The number of carbonyl (C=O) groups excluding carboxylic acids is 1. The van der Waals surface area contributed by atoms with Crippen LogP contribution in [0, 0.1) is 0 Å². The van der Waals surface area contributed by atoms with E-state index in [0.29, 0.717) is 16.5 Å². The van der Waals surface area contributed by atoms with Crippen molar-refractivity contribution in [2.75, 3.05) is 16.3 Å². The van der Waals surface area contributed by atoms with Gasteiger partial charge in [0.15, 0.2) is 5.69 Å². The molecule has 2 aromatic heterocycles. The van der Waals surface area contributed by atoms with Crippen molar-refractivity contribution in [2.45, 2.75) is 0 Å². The quantitative estimate of drug-likeness (QED) is 0.481. The Morgan fingerprint density at radius 3 is 2.30 bits per heavy atom. The summed E-state index contributed by atoms with van der Waals surface area (Å²) in [6, 6.07) is 15.4. The van der Waals surface area contributed by atoms with Crippen molar-refractivity contribution in [2.24, 2.45) is 0 Å². The first-order valence-electron chi connectivity index (χ1n) is 8.52. The van der Waals surface area contributed by atoms with Crippen LogP contribution < -0.4 is 15.6 Å². The van der Waals surface area contributed by atoms with Gasteiger partial charge in [0.25, 0.3) is 11.5 Å². The van der Waals surface area contributed by atoms with Gasteiger partial charge in [-0.1, -0.05) is 47.7 Å². The highest BCUT2D eigenvalue weighted by atomic mass is 32.2. The average molecular weight is 442 g/mol. The van der Waals surface area contributed by atoms with Gasteiger partial charge in [-0.15, -0.1) is 10.2 Å². The van der Waals surface area contributed by atoms with Gasteiger partial charge in [-0.2, -0.15) is 9.78 Å². The first-order valence-corrected chi connectivity index (χ1v) is 11.2. The molecule has 2 heterocycles. The topological polar surface area (TPSA) is 136 Å². The van der Waals surface area contributed by atoms with E-state index in [-0.39, 0.29) is 21.5 Å². The second-order valence-electron chi connectivity index (χ2n) is 6.19. The number of anilines is 2. The summed E-state index contributed by atoms with van der Waals surface area (Å²) in [5.41, 5.74) is 0.170. The number of nitrogens with one attached hydrogen (secondary N) is 2. The van der Waals surface area contributed by atoms with Crippen LogP contribution in [0.3, 0.4) is 0 Å². The van der Waals surface area contributed by atoms with Crippen molar-refractivity contribution in [3.8, 4) is 5.69 Å². The molecule has 0 aliphatic heterocycles. The number of sulfonamides is 1. The van der Waals surface area contributed by atoms with Crippen LogP contribution in [0.15, 0.2) is 59.4 Å². The number of hydrogen-bond donors (Lipinski definition) is 2. The summed E-state index contributed by atoms with van der Waals surface area (Å²) in [7, 11) is -3.52. The minimum atomic E-state index is -3.52. The molecule has 0 atom stereocenters. The lowest BCUT2D eigenvalue weighted by Gasteiger charge is -2.10. The smallest absolute Gasteiger partial charge is 0.279 e. The minimum Gasteiger partial charge on any atom is -0.295 e. The predicted molar refractivity (Wildman–Crippen MR) is 114 cm³/mol. The molecule has 0 saturated heterocycles. The summed E-state index contributed by atoms with van der Waals surface area (Å²) in [6.45, 7) is 0. The van der Waals surface area contributed by atoms with Gasteiger partial charge < -0.3 is 0 Å². The first-order chi connectivity index (χ1) is 14.3. The van der Waals surface area contributed by atoms with Crippen molar-refractivity contribution >= 4 is 48.3 Å². The van der Waals surface area contributed by atoms with E-state index in [1.165, 1.54) is 0 Å². The lowest BCUT2D eigenvalue weighted by atomic mass is 10.1. The van der Waals surface area contributed by atoms with Crippen molar-refractivity contribution in [1.29, 1.82) is 0 Å². The summed E-state index contributed by atoms with van der Waals surface area (Å²) in [4.78, 5) is 25.8. The highest BCUT2D eigenvalue weighted by molar-refractivity contribution is 7.92. The molecule has 0 spiro atoms. The van der Waals surface area contributed by atoms with E-state index in [4.69, 9.17) is 0 Å². The van der Waals surface area contributed by atoms with Gasteiger partial charge in [-0.3, -0.25) is 19.6 Å². The number of hydrogen-bond acceptors (Lipinski definition) is 8. The Hall–Kier alpha value is -3.64. The molecule has 10 nitrogen and oxygen atoms in total. The van der Waals surface area contributed by atoms with Crippen LogP contribution in [0.2, 0.25) is 0 Å². The van der Waals surface area contributed by atoms with Gasteiger partial charge in [0.05, 0.1) is 17.3 Å². The van der Waals surface area contributed by atoms with Gasteiger partial charge in [-0.05, 0) is 18.2 Å². The van der Waals surface area contributed by atoms with E-state index in [1.54, 1.807) is 54.6 Å². The van der Waals surface area contributed by atoms with E-state index in [9.17, 15) is 18.0 Å². The third-order valence-corrected chi connectivity index (χ3v) is 5.39. The van der Waals surface area contributed by atoms with Crippen LogP contribution in [0.25, 0.3) is 16.5 Å². The fourth-order valence-electron chi connectivity index (χ4n) is 2.73. The van der Waals surface area contributed by atoms with Crippen LogP contribution >= 0.6 is 11.3 Å². The van der Waals surface area contributed by atoms with E-state index in [0.717, 1.165) is 22.3 Å². The molecule has 30 heavy (non-hydrogen) atoms. The van der Waals surface area contributed by atoms with Gasteiger partial charge in [0, 0.05) is 5.39 Å². The number of fused-ring (bicyclic) bond motifs is 1. The fraction of sp³-hybridized carbons (Fsp3) is 0.0556. The summed E-state index contributed by atoms with van der Waals surface area (Å²) < 4.78 is 26.0. The number of amides is 1. The third-order valence-electron chi connectivity index (χ3n) is 3.94. The number of rotatable bonds is 5. The SMILES string of the molecule is CS(=O)(=O)Nc1nnc(NC(=O)c2nn(-c3ccccc3)c(=O)c3ccccc23)s1. The fourth-order valence-corrected chi connectivity index (χ4v) is 4.20. The standard InChI is InChI=1S/C18H14N6O4S2/c1-30(27,28)23-18-21-20-17(29-18)19-15(25)14-12-9-5-6-10-13(12)16(26)24(22-14)11-7-3-2-4-8-11/h2-10H,1H3,(H,21,23)(H,19,20,25). The van der Waals surface area contributed by atoms with Gasteiger partial charge in [-0.25, -0.2) is 8.42 Å². The molecule has 0 fully saturated rings. The molecule has 0 unspecified atom stereocenters. The summed E-state index contributed by atoms with van der Waals surface area (Å²) in [5.74, 6) is -0.613. The third kappa shape index (κ3) is 4.04. The molecule has 2 N–H and O–H groups in total. The van der Waals surface area contributed by atoms with E-state index in [2.05, 4.69) is 25.3 Å². The molecule has 12 heteroatoms. The number of para-hydroxylation sites is 1. The molecule has 0 bridgehead atoms. The monoisotopic (exact) mass is 442 g/mol. The number of carbonyl (C=O) groups is 1. The van der Waals surface area contributed by atoms with Crippen molar-refractivity contribution < 1.29 is 13.2 Å². The number of aromatic nitrogens is 4. The lowest BCUT2D eigenvalue weighted by molar-refractivity contribution is 0.102. The minimum absolute atomic E-state index is 0.0138. The molecule has 4 rings (SSSR count). The maximum atomic E-state index is 12.9. The molecule has 1 amide bonds. The van der Waals surface area contributed by atoms with Crippen LogP contribution in [-0.4, -0.2) is 40.6 Å². The normalized spacial score (nSPS) is 11.4. The molecule has 0 aliphatic rings. The zero-order valence-corrected chi connectivity index (χ0v) is 17.1. The largest absolute Gasteiger partial charge is 0.295 e. The molecular weight excluding hydrogens is 428 g/mol. The van der Waals surface area contributed by atoms with E-state index < -0.39 is 15.9 Å². The molecule has 2 aromatic carbocycles. The zero-order chi connectivity index (χ0) is 21.3. The number of benzene rings is 2. The van der Waals surface area contributed by atoms with Crippen LogP contribution in [0.5, 0.6) is 0 Å². The second kappa shape index (κ2) is 7.65. The van der Waals surface area contributed by atoms with E-state index >= 15 is 0 Å². The Kier molecular flexibility index (Phi) is 5.01. The highest BCUT2D eigenvalue weighted by Gasteiger charge is 2.19. The Balaban J connectivity index is 1.76. The Morgan fingerprint density at radius 2 is 1.60 bits per heavy atom. The number of nitrogens with zero attached hydrogens (tertiary/aromatic N) is 4. The Bertz CT molecular complexity index is 1410. The van der Waals surface area contributed by atoms with E-state index in [1.807, 2.05) is 0 Å². The van der Waals surface area contributed by atoms with Crippen molar-refractivity contribution in [3.05, 3.63) is 70.6 Å². The predicted octanol–water partition coefficient (Wildman–Crippen LogP) is 1.86. The molecule has 4 aromatic rings. The lowest BCUT2D eigenvalue weighted by Crippen LogP contribution is -2.26. The molecular formula is C18H14N6O4S2. The van der Waals surface area contributed by atoms with Crippen LogP contribution in [0.1, 0.15) is 10.5 Å². The average Bonchev–Trinajstić information content (AvgIpc) is 3.14. The zero-order valence-electron chi connectivity index (χ0n) is 15.4.